The van der Waals surface area contributed by atoms with Gasteiger partial charge in [0, 0.05) is 22.5 Å². The molecular weight excluding hydrogens is 308 g/mol. The molecule has 0 aromatic carbocycles. The van der Waals surface area contributed by atoms with Crippen LogP contribution in [0.15, 0.2) is 27.8 Å². The zero-order chi connectivity index (χ0) is 13.6. The second-order valence-corrected chi connectivity index (χ2v) is 7.45. The third-order valence-corrected chi connectivity index (χ3v) is 4.29. The van der Waals surface area contributed by atoms with Crippen LogP contribution in [-0.4, -0.2) is 23.3 Å². The number of pyridine rings is 1. The number of rotatable bonds is 6. The lowest BCUT2D eigenvalue weighted by atomic mass is 9.88. The molecule has 0 aliphatic rings. The Morgan fingerprint density at radius 1 is 1.39 bits per heavy atom. The van der Waals surface area contributed by atoms with Gasteiger partial charge in [-0.3, -0.25) is 0 Å². The molecule has 1 atom stereocenters. The smallest absolute Gasteiger partial charge is 0.0961 e. The Morgan fingerprint density at radius 2 is 2.11 bits per heavy atom. The Balaban J connectivity index is 2.53. The molecule has 102 valence electrons. The van der Waals surface area contributed by atoms with Crippen LogP contribution in [0.25, 0.3) is 0 Å². The van der Waals surface area contributed by atoms with Crippen LogP contribution in [0, 0.1) is 5.41 Å². The van der Waals surface area contributed by atoms with Crippen molar-refractivity contribution >= 4 is 27.7 Å². The number of hydrogen-bond acceptors (Lipinski definition) is 3. The standard InChI is InChI=1S/C14H23BrN2S/c1-5-8-16-12(14(2,3)4)10-18-13-7-6-11(15)9-17-13/h6-7,9,12,16H,5,8,10H2,1-4H3. The van der Waals surface area contributed by atoms with Crippen molar-refractivity contribution in [2.24, 2.45) is 5.41 Å². The van der Waals surface area contributed by atoms with Gasteiger partial charge in [0.25, 0.3) is 0 Å². The van der Waals surface area contributed by atoms with E-state index in [2.05, 4.69) is 60.0 Å². The molecule has 0 radical (unpaired) electrons. The minimum Gasteiger partial charge on any atom is -0.313 e. The summed E-state index contributed by atoms with van der Waals surface area (Å²) in [5.41, 5.74) is 0.275. The van der Waals surface area contributed by atoms with Crippen molar-refractivity contribution in [1.82, 2.24) is 10.3 Å². The van der Waals surface area contributed by atoms with Gasteiger partial charge >= 0.3 is 0 Å². The second-order valence-electron chi connectivity index (χ2n) is 5.50. The van der Waals surface area contributed by atoms with Crippen LogP contribution in [0.3, 0.4) is 0 Å². The first-order chi connectivity index (χ1) is 8.43. The van der Waals surface area contributed by atoms with E-state index in [1.165, 1.54) is 6.42 Å². The number of nitrogens with zero attached hydrogens (tertiary/aromatic N) is 1. The van der Waals surface area contributed by atoms with Crippen LogP contribution < -0.4 is 5.32 Å². The summed E-state index contributed by atoms with van der Waals surface area (Å²) in [5.74, 6) is 1.05. The summed E-state index contributed by atoms with van der Waals surface area (Å²) in [7, 11) is 0. The van der Waals surface area contributed by atoms with Crippen molar-refractivity contribution < 1.29 is 0 Å². The minimum atomic E-state index is 0.275. The molecule has 0 bridgehead atoms. The molecule has 18 heavy (non-hydrogen) atoms. The maximum absolute atomic E-state index is 4.40. The Hall–Kier alpha value is -0.0600. The highest BCUT2D eigenvalue weighted by Gasteiger charge is 2.23. The molecule has 1 heterocycles. The molecule has 0 fully saturated rings. The Labute approximate surface area is 123 Å². The average molecular weight is 331 g/mol. The van der Waals surface area contributed by atoms with Crippen LogP contribution >= 0.6 is 27.7 Å². The van der Waals surface area contributed by atoms with E-state index < -0.39 is 0 Å². The van der Waals surface area contributed by atoms with Gasteiger partial charge in [0.1, 0.15) is 0 Å². The lowest BCUT2D eigenvalue weighted by Gasteiger charge is -2.31. The Kier molecular flexibility index (Phi) is 6.67. The summed E-state index contributed by atoms with van der Waals surface area (Å²) in [6, 6.07) is 4.61. The molecule has 1 aromatic rings. The van der Waals surface area contributed by atoms with Gasteiger partial charge in [-0.1, -0.05) is 27.7 Å². The first-order valence-corrected chi connectivity index (χ1v) is 8.19. The van der Waals surface area contributed by atoms with Gasteiger partial charge in [-0.15, -0.1) is 11.8 Å². The number of halogens is 1. The largest absolute Gasteiger partial charge is 0.313 e. The van der Waals surface area contributed by atoms with Gasteiger partial charge in [0.2, 0.25) is 0 Å². The van der Waals surface area contributed by atoms with Crippen molar-refractivity contribution in [3.05, 3.63) is 22.8 Å². The Bertz CT molecular complexity index is 346. The summed E-state index contributed by atoms with van der Waals surface area (Å²) in [5, 5.41) is 4.72. The van der Waals surface area contributed by atoms with Crippen molar-refractivity contribution in [1.29, 1.82) is 0 Å². The molecule has 1 unspecified atom stereocenters. The first kappa shape index (κ1) is 16.0. The normalized spacial score (nSPS) is 13.6. The lowest BCUT2D eigenvalue weighted by Crippen LogP contribution is -2.42. The van der Waals surface area contributed by atoms with Crippen LogP contribution in [-0.2, 0) is 0 Å². The summed E-state index contributed by atoms with van der Waals surface area (Å²) in [6.07, 6.45) is 3.03. The van der Waals surface area contributed by atoms with Gasteiger partial charge in [0.05, 0.1) is 5.03 Å². The predicted molar refractivity (Wildman–Crippen MR) is 84.2 cm³/mol. The van der Waals surface area contributed by atoms with Gasteiger partial charge in [-0.05, 0) is 46.4 Å². The van der Waals surface area contributed by atoms with E-state index >= 15 is 0 Å². The molecule has 0 amide bonds. The van der Waals surface area contributed by atoms with E-state index in [4.69, 9.17) is 0 Å². The van der Waals surface area contributed by atoms with E-state index in [9.17, 15) is 0 Å². The number of nitrogens with one attached hydrogen (secondary N) is 1. The first-order valence-electron chi connectivity index (χ1n) is 6.41. The van der Waals surface area contributed by atoms with Crippen LogP contribution in [0.4, 0.5) is 0 Å². The van der Waals surface area contributed by atoms with Gasteiger partial charge < -0.3 is 5.32 Å². The van der Waals surface area contributed by atoms with E-state index in [0.717, 1.165) is 21.8 Å². The summed E-state index contributed by atoms with van der Waals surface area (Å²) < 4.78 is 1.03. The zero-order valence-corrected chi connectivity index (χ0v) is 14.1. The highest BCUT2D eigenvalue weighted by molar-refractivity contribution is 9.10. The second kappa shape index (κ2) is 7.51. The van der Waals surface area contributed by atoms with Crippen LogP contribution in [0.2, 0.25) is 0 Å². The molecule has 2 nitrogen and oxygen atoms in total. The van der Waals surface area contributed by atoms with Crippen LogP contribution in [0.5, 0.6) is 0 Å². The van der Waals surface area contributed by atoms with Gasteiger partial charge in [-0.25, -0.2) is 4.98 Å². The molecule has 4 heteroatoms. The maximum Gasteiger partial charge on any atom is 0.0961 e. The van der Waals surface area contributed by atoms with Crippen molar-refractivity contribution in [2.45, 2.75) is 45.2 Å². The maximum atomic E-state index is 4.40. The highest BCUT2D eigenvalue weighted by atomic mass is 79.9. The SMILES string of the molecule is CCCNC(CSc1ccc(Br)cn1)C(C)(C)C. The van der Waals surface area contributed by atoms with E-state index in [-0.39, 0.29) is 5.41 Å². The van der Waals surface area contributed by atoms with Crippen LogP contribution in [0.1, 0.15) is 34.1 Å². The summed E-state index contributed by atoms with van der Waals surface area (Å²) in [6.45, 7) is 10.1. The van der Waals surface area contributed by atoms with E-state index in [1.54, 1.807) is 0 Å². The molecular formula is C14H23BrN2S. The molecule has 0 aliphatic carbocycles. The molecule has 1 aromatic heterocycles. The molecule has 1 N–H and O–H groups in total. The number of aromatic nitrogens is 1. The molecule has 0 saturated carbocycles. The van der Waals surface area contributed by atoms with Crippen molar-refractivity contribution in [3.8, 4) is 0 Å². The quantitative estimate of drug-likeness (QED) is 0.785. The minimum absolute atomic E-state index is 0.275. The van der Waals surface area contributed by atoms with Crippen molar-refractivity contribution in [3.63, 3.8) is 0 Å². The zero-order valence-electron chi connectivity index (χ0n) is 11.7. The fourth-order valence-electron chi connectivity index (χ4n) is 1.55. The lowest BCUT2D eigenvalue weighted by molar-refractivity contribution is 0.292. The molecule has 1 rings (SSSR count). The topological polar surface area (TPSA) is 24.9 Å². The number of hydrogen-bond donors (Lipinski definition) is 1. The Morgan fingerprint density at radius 3 is 2.61 bits per heavy atom. The van der Waals surface area contributed by atoms with E-state index in [1.807, 2.05) is 24.0 Å². The van der Waals surface area contributed by atoms with Gasteiger partial charge in [0.15, 0.2) is 0 Å². The predicted octanol–water partition coefficient (Wildman–Crippen LogP) is 4.35. The molecule has 0 aliphatic heterocycles. The average Bonchev–Trinajstić information content (AvgIpc) is 2.30. The third-order valence-electron chi connectivity index (χ3n) is 2.78. The molecule has 0 saturated heterocycles. The fourth-order valence-corrected chi connectivity index (χ4v) is 3.03. The van der Waals surface area contributed by atoms with E-state index in [0.29, 0.717) is 6.04 Å². The molecule has 0 spiro atoms. The number of thioether (sulfide) groups is 1. The highest BCUT2D eigenvalue weighted by Crippen LogP contribution is 2.26. The fraction of sp³-hybridized carbons (Fsp3) is 0.643. The monoisotopic (exact) mass is 330 g/mol. The van der Waals surface area contributed by atoms with Crippen molar-refractivity contribution in [2.75, 3.05) is 12.3 Å². The summed E-state index contributed by atoms with van der Waals surface area (Å²) in [4.78, 5) is 4.40. The summed E-state index contributed by atoms with van der Waals surface area (Å²) >= 11 is 5.23. The third kappa shape index (κ3) is 5.72. The van der Waals surface area contributed by atoms with Gasteiger partial charge in [-0.2, -0.15) is 0 Å².